The van der Waals surface area contributed by atoms with Crippen LogP contribution >= 0.6 is 11.6 Å². The van der Waals surface area contributed by atoms with E-state index in [9.17, 15) is 16.8 Å². The molecule has 1 fully saturated rings. The van der Waals surface area contributed by atoms with Gasteiger partial charge in [-0.15, -0.1) is 11.6 Å². The minimum atomic E-state index is -3.46. The fraction of sp³-hybridized carbons (Fsp3) is 1.00. The molecule has 5 nitrogen and oxygen atoms in total. The quantitative estimate of drug-likeness (QED) is 0.659. The topological polar surface area (TPSA) is 71.5 Å². The number of halogens is 1. The van der Waals surface area contributed by atoms with Crippen molar-refractivity contribution in [2.75, 3.05) is 30.9 Å². The largest absolute Gasteiger partial charge is 0.229 e. The molecule has 0 aliphatic carbocycles. The zero-order valence-electron chi connectivity index (χ0n) is 8.39. The maximum absolute atomic E-state index is 11.6. The fourth-order valence-corrected chi connectivity index (χ4v) is 4.77. The third-order valence-electron chi connectivity index (χ3n) is 2.20. The number of hydrogen-bond acceptors (Lipinski definition) is 4. The molecular formula is C7H14ClNO4S2. The molecule has 1 atom stereocenters. The third-order valence-corrected chi connectivity index (χ3v) is 5.60. The van der Waals surface area contributed by atoms with Gasteiger partial charge in [0.15, 0.2) is 0 Å². The van der Waals surface area contributed by atoms with Gasteiger partial charge in [0.25, 0.3) is 0 Å². The van der Waals surface area contributed by atoms with Crippen molar-refractivity contribution >= 4 is 31.5 Å². The highest BCUT2D eigenvalue weighted by molar-refractivity contribution is 7.93. The van der Waals surface area contributed by atoms with Crippen LogP contribution in [0.25, 0.3) is 0 Å². The molecule has 1 aliphatic heterocycles. The monoisotopic (exact) mass is 275 g/mol. The van der Waals surface area contributed by atoms with Crippen LogP contribution in [-0.2, 0) is 19.9 Å². The molecule has 90 valence electrons. The number of sulfonamides is 1. The molecule has 8 heteroatoms. The Labute approximate surface area is 95.4 Å². The molecule has 1 rings (SSSR count). The van der Waals surface area contributed by atoms with Gasteiger partial charge >= 0.3 is 0 Å². The molecule has 0 amide bonds. The lowest BCUT2D eigenvalue weighted by atomic mass is 10.4. The van der Waals surface area contributed by atoms with Crippen molar-refractivity contribution < 1.29 is 16.8 Å². The van der Waals surface area contributed by atoms with Crippen LogP contribution in [0.15, 0.2) is 0 Å². The summed E-state index contributed by atoms with van der Waals surface area (Å²) < 4.78 is 46.2. The normalized spacial score (nSPS) is 24.5. The first kappa shape index (κ1) is 13.2. The van der Waals surface area contributed by atoms with Gasteiger partial charge in [0.05, 0.1) is 11.5 Å². The summed E-state index contributed by atoms with van der Waals surface area (Å²) in [5.74, 6) is -0.686. The van der Waals surface area contributed by atoms with E-state index >= 15 is 0 Å². The Kier molecular flexibility index (Phi) is 4.02. The number of rotatable bonds is 4. The molecule has 15 heavy (non-hydrogen) atoms. The van der Waals surface area contributed by atoms with E-state index in [4.69, 9.17) is 11.6 Å². The van der Waals surface area contributed by atoms with Gasteiger partial charge in [0.2, 0.25) is 10.0 Å². The minimum absolute atomic E-state index is 0.155. The zero-order chi connectivity index (χ0) is 11.7. The van der Waals surface area contributed by atoms with Gasteiger partial charge in [-0.3, -0.25) is 0 Å². The van der Waals surface area contributed by atoms with Crippen molar-refractivity contribution in [3.8, 4) is 0 Å². The Hall–Kier alpha value is 0.150. The Bertz CT molecular complexity index is 416. The second kappa shape index (κ2) is 4.57. The van der Waals surface area contributed by atoms with Gasteiger partial charge in [-0.1, -0.05) is 0 Å². The second-order valence-corrected chi connectivity index (χ2v) is 8.66. The van der Waals surface area contributed by atoms with Gasteiger partial charge < -0.3 is 0 Å². The van der Waals surface area contributed by atoms with E-state index in [1.807, 2.05) is 0 Å². The van der Waals surface area contributed by atoms with Gasteiger partial charge in [-0.05, 0) is 6.42 Å². The Morgan fingerprint density at radius 2 is 1.87 bits per heavy atom. The van der Waals surface area contributed by atoms with Crippen molar-refractivity contribution in [2.45, 2.75) is 11.8 Å². The van der Waals surface area contributed by atoms with Crippen LogP contribution in [0, 0.1) is 0 Å². The number of sulfone groups is 1. The highest BCUT2D eigenvalue weighted by atomic mass is 35.5. The molecule has 0 spiro atoms. The summed E-state index contributed by atoms with van der Waals surface area (Å²) in [5, 5.41) is -0.155. The van der Waals surface area contributed by atoms with E-state index in [2.05, 4.69) is 0 Å². The van der Waals surface area contributed by atoms with Crippen molar-refractivity contribution in [3.05, 3.63) is 0 Å². The van der Waals surface area contributed by atoms with Crippen LogP contribution in [0.5, 0.6) is 0 Å². The van der Waals surface area contributed by atoms with Crippen LogP contribution in [0.2, 0.25) is 0 Å². The molecule has 0 aromatic rings. The van der Waals surface area contributed by atoms with Gasteiger partial charge in [-0.25, -0.2) is 21.1 Å². The standard InChI is InChI=1S/C7H14ClNO4S2/c1-14(10,11)4-5-15(12,13)9-3-2-7(8)6-9/h7H,2-6H2,1H3. The van der Waals surface area contributed by atoms with Crippen molar-refractivity contribution in [2.24, 2.45) is 0 Å². The van der Waals surface area contributed by atoms with Crippen LogP contribution in [0.1, 0.15) is 6.42 Å². The molecule has 0 radical (unpaired) electrons. The molecule has 0 aromatic heterocycles. The zero-order valence-corrected chi connectivity index (χ0v) is 10.8. The first-order valence-corrected chi connectivity index (χ1v) is 8.61. The number of nitrogens with zero attached hydrogens (tertiary/aromatic N) is 1. The highest BCUT2D eigenvalue weighted by Crippen LogP contribution is 2.18. The molecular weight excluding hydrogens is 262 g/mol. The highest BCUT2D eigenvalue weighted by Gasteiger charge is 2.30. The van der Waals surface area contributed by atoms with E-state index in [-0.39, 0.29) is 23.4 Å². The lowest BCUT2D eigenvalue weighted by Crippen LogP contribution is -2.33. The Morgan fingerprint density at radius 3 is 2.27 bits per heavy atom. The van der Waals surface area contributed by atoms with Gasteiger partial charge in [-0.2, -0.15) is 0 Å². The summed E-state index contributed by atoms with van der Waals surface area (Å²) in [6, 6.07) is 0. The third kappa shape index (κ3) is 4.26. The maximum atomic E-state index is 11.6. The summed E-state index contributed by atoms with van der Waals surface area (Å²) in [5.41, 5.74) is 0. The average Bonchev–Trinajstić information content (AvgIpc) is 2.48. The molecule has 1 aliphatic rings. The average molecular weight is 276 g/mol. The Balaban J connectivity index is 2.60. The summed E-state index contributed by atoms with van der Waals surface area (Å²) >= 11 is 5.78. The van der Waals surface area contributed by atoms with Crippen LogP contribution in [0.4, 0.5) is 0 Å². The summed E-state index contributed by atoms with van der Waals surface area (Å²) in [6.07, 6.45) is 1.65. The summed E-state index contributed by atoms with van der Waals surface area (Å²) in [7, 11) is -6.70. The van der Waals surface area contributed by atoms with Crippen molar-refractivity contribution in [1.82, 2.24) is 4.31 Å². The van der Waals surface area contributed by atoms with E-state index < -0.39 is 19.9 Å². The molecule has 0 saturated carbocycles. The minimum Gasteiger partial charge on any atom is -0.229 e. The molecule has 1 unspecified atom stereocenters. The Morgan fingerprint density at radius 1 is 1.27 bits per heavy atom. The number of alkyl halides is 1. The number of hydrogen-bond donors (Lipinski definition) is 0. The first-order chi connectivity index (χ1) is 6.71. The molecule has 1 heterocycles. The fourth-order valence-electron chi connectivity index (χ4n) is 1.33. The van der Waals surface area contributed by atoms with E-state index in [1.54, 1.807) is 0 Å². The molecule has 0 bridgehead atoms. The summed E-state index contributed by atoms with van der Waals surface area (Å²) in [4.78, 5) is 0. The smallest absolute Gasteiger partial charge is 0.215 e. The lowest BCUT2D eigenvalue weighted by molar-refractivity contribution is 0.478. The van der Waals surface area contributed by atoms with Crippen LogP contribution < -0.4 is 0 Å². The SMILES string of the molecule is CS(=O)(=O)CCS(=O)(=O)N1CCC(Cl)C1. The van der Waals surface area contributed by atoms with Crippen LogP contribution in [0.3, 0.4) is 0 Å². The predicted molar refractivity (Wildman–Crippen MR) is 59.3 cm³/mol. The van der Waals surface area contributed by atoms with Gasteiger partial charge in [0, 0.05) is 24.7 Å². The van der Waals surface area contributed by atoms with Crippen molar-refractivity contribution in [1.29, 1.82) is 0 Å². The lowest BCUT2D eigenvalue weighted by Gasteiger charge is -2.14. The summed E-state index contributed by atoms with van der Waals surface area (Å²) in [6.45, 7) is 0.675. The van der Waals surface area contributed by atoms with Crippen LogP contribution in [-0.4, -0.2) is 57.4 Å². The van der Waals surface area contributed by atoms with E-state index in [1.165, 1.54) is 4.31 Å². The second-order valence-electron chi connectivity index (χ2n) is 3.69. The van der Waals surface area contributed by atoms with Crippen molar-refractivity contribution in [3.63, 3.8) is 0 Å². The molecule has 0 aromatic carbocycles. The first-order valence-electron chi connectivity index (χ1n) is 4.50. The molecule has 1 saturated heterocycles. The maximum Gasteiger partial charge on any atom is 0.215 e. The predicted octanol–water partition coefficient (Wildman–Crippen LogP) is -0.326. The van der Waals surface area contributed by atoms with Gasteiger partial charge in [0.1, 0.15) is 9.84 Å². The van der Waals surface area contributed by atoms with E-state index in [0.717, 1.165) is 6.26 Å². The molecule has 0 N–H and O–H groups in total. The van der Waals surface area contributed by atoms with E-state index in [0.29, 0.717) is 13.0 Å².